The molecule has 19 heavy (non-hydrogen) atoms. The molecule has 0 aliphatic heterocycles. The SMILES string of the molecule is COc1cc(C(NN)C2CCC(C)C(C)C2)ncn1. The van der Waals surface area contributed by atoms with Crippen molar-refractivity contribution in [2.24, 2.45) is 23.6 Å². The molecule has 1 aromatic heterocycles. The normalized spacial score (nSPS) is 28.9. The first-order chi connectivity index (χ1) is 9.15. The predicted octanol–water partition coefficient (Wildman–Crippen LogP) is 2.06. The fourth-order valence-corrected chi connectivity index (χ4v) is 2.99. The molecule has 4 atom stereocenters. The molecule has 1 heterocycles. The molecule has 0 spiro atoms. The van der Waals surface area contributed by atoms with E-state index in [0.717, 1.165) is 17.5 Å². The van der Waals surface area contributed by atoms with Gasteiger partial charge in [0.25, 0.3) is 0 Å². The summed E-state index contributed by atoms with van der Waals surface area (Å²) in [5.74, 6) is 8.40. The number of nitrogens with two attached hydrogens (primary N) is 1. The number of ether oxygens (including phenoxy) is 1. The lowest BCUT2D eigenvalue weighted by Gasteiger charge is -2.36. The molecule has 1 aliphatic carbocycles. The molecular weight excluding hydrogens is 240 g/mol. The minimum atomic E-state index is 0.0758. The number of aromatic nitrogens is 2. The Labute approximate surface area is 114 Å². The van der Waals surface area contributed by atoms with Gasteiger partial charge >= 0.3 is 0 Å². The van der Waals surface area contributed by atoms with Crippen LogP contribution in [0.5, 0.6) is 5.88 Å². The van der Waals surface area contributed by atoms with Crippen LogP contribution >= 0.6 is 0 Å². The van der Waals surface area contributed by atoms with Gasteiger partial charge in [-0.3, -0.25) is 11.3 Å². The Morgan fingerprint density at radius 1 is 1.32 bits per heavy atom. The quantitative estimate of drug-likeness (QED) is 0.643. The number of hydrogen-bond acceptors (Lipinski definition) is 5. The molecule has 1 fully saturated rings. The fraction of sp³-hybridized carbons (Fsp3) is 0.714. The lowest BCUT2D eigenvalue weighted by molar-refractivity contribution is 0.169. The third-order valence-electron chi connectivity index (χ3n) is 4.48. The summed E-state index contributed by atoms with van der Waals surface area (Å²) in [4.78, 5) is 8.39. The zero-order chi connectivity index (χ0) is 13.8. The van der Waals surface area contributed by atoms with Crippen LogP contribution in [0.15, 0.2) is 12.4 Å². The largest absolute Gasteiger partial charge is 0.481 e. The van der Waals surface area contributed by atoms with Gasteiger partial charge in [-0.2, -0.15) is 0 Å². The molecule has 4 unspecified atom stereocenters. The van der Waals surface area contributed by atoms with Gasteiger partial charge in [0.2, 0.25) is 5.88 Å². The third kappa shape index (κ3) is 3.22. The molecule has 0 saturated heterocycles. The van der Waals surface area contributed by atoms with Crippen molar-refractivity contribution in [2.75, 3.05) is 7.11 Å². The minimum Gasteiger partial charge on any atom is -0.481 e. The second-order valence-electron chi connectivity index (χ2n) is 5.66. The van der Waals surface area contributed by atoms with Crippen molar-refractivity contribution in [3.05, 3.63) is 18.1 Å². The average molecular weight is 264 g/mol. The number of rotatable bonds is 4. The Balaban J connectivity index is 2.15. The molecule has 5 heteroatoms. The Kier molecular flexibility index (Phi) is 4.71. The van der Waals surface area contributed by atoms with Crippen LogP contribution in [0.25, 0.3) is 0 Å². The lowest BCUT2D eigenvalue weighted by atomic mass is 9.73. The van der Waals surface area contributed by atoms with Gasteiger partial charge in [0, 0.05) is 6.07 Å². The summed E-state index contributed by atoms with van der Waals surface area (Å²) in [5.41, 5.74) is 3.85. The maximum Gasteiger partial charge on any atom is 0.216 e. The number of nitrogens with one attached hydrogen (secondary N) is 1. The van der Waals surface area contributed by atoms with Gasteiger partial charge in [-0.25, -0.2) is 9.97 Å². The molecule has 3 N–H and O–H groups in total. The molecule has 5 nitrogen and oxygen atoms in total. The fourth-order valence-electron chi connectivity index (χ4n) is 2.99. The first kappa shape index (κ1) is 14.2. The first-order valence-corrected chi connectivity index (χ1v) is 6.97. The van der Waals surface area contributed by atoms with Crippen LogP contribution in [0, 0.1) is 17.8 Å². The van der Waals surface area contributed by atoms with Gasteiger partial charge in [-0.15, -0.1) is 0 Å². The zero-order valence-corrected chi connectivity index (χ0v) is 12.0. The van der Waals surface area contributed by atoms with Crippen molar-refractivity contribution in [1.29, 1.82) is 0 Å². The van der Waals surface area contributed by atoms with Crippen LogP contribution in [0.4, 0.5) is 0 Å². The van der Waals surface area contributed by atoms with Gasteiger partial charge in [0.15, 0.2) is 0 Å². The van der Waals surface area contributed by atoms with E-state index in [9.17, 15) is 0 Å². The number of nitrogens with zero attached hydrogens (tertiary/aromatic N) is 2. The predicted molar refractivity (Wildman–Crippen MR) is 74.3 cm³/mol. The summed E-state index contributed by atoms with van der Waals surface area (Å²) in [6.45, 7) is 4.66. The lowest BCUT2D eigenvalue weighted by Crippen LogP contribution is -2.37. The Morgan fingerprint density at radius 3 is 2.74 bits per heavy atom. The Hall–Kier alpha value is -1.20. The molecule has 0 radical (unpaired) electrons. The Morgan fingerprint density at radius 2 is 2.11 bits per heavy atom. The zero-order valence-electron chi connectivity index (χ0n) is 12.0. The monoisotopic (exact) mass is 264 g/mol. The second-order valence-corrected chi connectivity index (χ2v) is 5.66. The van der Waals surface area contributed by atoms with Crippen LogP contribution in [0.2, 0.25) is 0 Å². The average Bonchev–Trinajstić information content (AvgIpc) is 2.44. The van der Waals surface area contributed by atoms with Gasteiger partial charge in [0.05, 0.1) is 18.8 Å². The summed E-state index contributed by atoms with van der Waals surface area (Å²) >= 11 is 0. The van der Waals surface area contributed by atoms with Gasteiger partial charge in [0.1, 0.15) is 6.33 Å². The minimum absolute atomic E-state index is 0.0758. The Bertz CT molecular complexity index is 412. The highest BCUT2D eigenvalue weighted by Crippen LogP contribution is 2.39. The number of hydrazine groups is 1. The van der Waals surface area contributed by atoms with Crippen LogP contribution in [-0.4, -0.2) is 17.1 Å². The third-order valence-corrected chi connectivity index (χ3v) is 4.48. The number of hydrogen-bond donors (Lipinski definition) is 2. The van der Waals surface area contributed by atoms with E-state index in [1.807, 2.05) is 6.07 Å². The molecule has 1 aliphatic rings. The number of methoxy groups -OCH3 is 1. The summed E-state index contributed by atoms with van der Waals surface area (Å²) in [5, 5.41) is 0. The smallest absolute Gasteiger partial charge is 0.216 e. The van der Waals surface area contributed by atoms with Crippen molar-refractivity contribution in [2.45, 2.75) is 39.2 Å². The summed E-state index contributed by atoms with van der Waals surface area (Å²) in [6.07, 6.45) is 5.16. The van der Waals surface area contributed by atoms with Gasteiger partial charge < -0.3 is 4.74 Å². The molecule has 2 rings (SSSR count). The standard InChI is InChI=1S/C14H24N4O/c1-9-4-5-11(6-10(9)2)14(18-15)12-7-13(19-3)17-8-16-12/h7-11,14,18H,4-6,15H2,1-3H3. The highest BCUT2D eigenvalue weighted by Gasteiger charge is 2.31. The van der Waals surface area contributed by atoms with E-state index in [1.165, 1.54) is 25.6 Å². The molecule has 0 amide bonds. The first-order valence-electron chi connectivity index (χ1n) is 6.97. The highest BCUT2D eigenvalue weighted by molar-refractivity contribution is 5.17. The van der Waals surface area contributed by atoms with E-state index in [0.29, 0.717) is 11.8 Å². The molecule has 0 bridgehead atoms. The molecular formula is C14H24N4O. The van der Waals surface area contributed by atoms with E-state index >= 15 is 0 Å². The topological polar surface area (TPSA) is 73.1 Å². The maximum atomic E-state index is 5.76. The van der Waals surface area contributed by atoms with Crippen LogP contribution in [-0.2, 0) is 0 Å². The van der Waals surface area contributed by atoms with E-state index in [-0.39, 0.29) is 6.04 Å². The van der Waals surface area contributed by atoms with Crippen molar-refractivity contribution in [3.8, 4) is 5.88 Å². The second kappa shape index (κ2) is 6.30. The summed E-state index contributed by atoms with van der Waals surface area (Å²) < 4.78 is 5.16. The summed E-state index contributed by atoms with van der Waals surface area (Å²) in [6, 6.07) is 1.94. The van der Waals surface area contributed by atoms with Crippen LogP contribution in [0.3, 0.4) is 0 Å². The van der Waals surface area contributed by atoms with Crippen LogP contribution in [0.1, 0.15) is 44.8 Å². The molecule has 0 aromatic carbocycles. The van der Waals surface area contributed by atoms with Crippen molar-refractivity contribution < 1.29 is 4.74 Å². The maximum absolute atomic E-state index is 5.76. The van der Waals surface area contributed by atoms with Crippen LogP contribution < -0.4 is 16.0 Å². The van der Waals surface area contributed by atoms with Crippen molar-refractivity contribution >= 4 is 0 Å². The van der Waals surface area contributed by atoms with E-state index in [2.05, 4.69) is 29.2 Å². The van der Waals surface area contributed by atoms with Crippen molar-refractivity contribution in [1.82, 2.24) is 15.4 Å². The van der Waals surface area contributed by atoms with Gasteiger partial charge in [-0.05, 0) is 30.6 Å². The highest BCUT2D eigenvalue weighted by atomic mass is 16.5. The van der Waals surface area contributed by atoms with Gasteiger partial charge in [-0.1, -0.05) is 20.3 Å². The molecule has 1 aromatic rings. The van der Waals surface area contributed by atoms with E-state index < -0.39 is 0 Å². The van der Waals surface area contributed by atoms with E-state index in [4.69, 9.17) is 10.6 Å². The van der Waals surface area contributed by atoms with Crippen molar-refractivity contribution in [3.63, 3.8) is 0 Å². The van der Waals surface area contributed by atoms with E-state index in [1.54, 1.807) is 7.11 Å². The molecule has 106 valence electrons. The molecule has 1 saturated carbocycles. The summed E-state index contributed by atoms with van der Waals surface area (Å²) in [7, 11) is 1.61.